The molecule has 1 atom stereocenters. The second-order valence-corrected chi connectivity index (χ2v) is 10.0. The Morgan fingerprint density at radius 1 is 0.840 bits per heavy atom. The summed E-state index contributed by atoms with van der Waals surface area (Å²) in [5.41, 5.74) is -3.52. The lowest BCUT2D eigenvalue weighted by Crippen LogP contribution is -2.50. The minimum absolute atomic E-state index is 0.0135. The SMILES string of the molecule is O=C(O)C(F)(F)F.O=Cc1c(F)cc(-n2ccc(NC(=O)N3CCNC(c4ccn(-c5cc(F)c(C=O)c(F)c5)c(=O)n4)C3)nc2=O)cc1F. The zero-order chi connectivity index (χ0) is 36.9. The number of hydrogen-bond donors (Lipinski definition) is 3. The highest BCUT2D eigenvalue weighted by atomic mass is 19.4. The van der Waals surface area contributed by atoms with Gasteiger partial charge in [-0.25, -0.2) is 36.7 Å². The summed E-state index contributed by atoms with van der Waals surface area (Å²) in [5.74, 6) is -7.50. The van der Waals surface area contributed by atoms with Crippen LogP contribution >= 0.6 is 0 Å². The van der Waals surface area contributed by atoms with Gasteiger partial charge in [0.15, 0.2) is 12.6 Å². The highest BCUT2D eigenvalue weighted by Crippen LogP contribution is 2.20. The van der Waals surface area contributed by atoms with Gasteiger partial charge in [0.2, 0.25) is 0 Å². The van der Waals surface area contributed by atoms with E-state index in [9.17, 15) is 54.7 Å². The Labute approximate surface area is 273 Å². The molecule has 2 amide bonds. The minimum Gasteiger partial charge on any atom is -0.475 e. The number of aromatic nitrogens is 4. The molecular weight excluding hydrogens is 691 g/mol. The molecule has 3 N–H and O–H groups in total. The van der Waals surface area contributed by atoms with Crippen LogP contribution in [0.25, 0.3) is 11.4 Å². The molecule has 1 fully saturated rings. The van der Waals surface area contributed by atoms with E-state index in [-0.39, 0.29) is 48.5 Å². The van der Waals surface area contributed by atoms with E-state index in [0.29, 0.717) is 6.54 Å². The number of carbonyl (C=O) groups excluding carboxylic acids is 3. The van der Waals surface area contributed by atoms with Crippen LogP contribution in [0.4, 0.5) is 41.3 Å². The number of carboxylic acid groups (broad SMARTS) is 1. The molecular formula is C29H20F7N7O7. The van der Waals surface area contributed by atoms with Crippen LogP contribution in [0.15, 0.2) is 58.4 Å². The number of rotatable bonds is 6. The molecule has 1 unspecified atom stereocenters. The molecule has 262 valence electrons. The second kappa shape index (κ2) is 14.9. The molecule has 0 spiro atoms. The number of urea groups is 1. The van der Waals surface area contributed by atoms with Gasteiger partial charge in [-0.1, -0.05) is 0 Å². The van der Waals surface area contributed by atoms with Gasteiger partial charge in [0, 0.05) is 32.0 Å². The highest BCUT2D eigenvalue weighted by molar-refractivity contribution is 5.88. The number of nitrogens with zero attached hydrogens (tertiary/aromatic N) is 5. The van der Waals surface area contributed by atoms with Gasteiger partial charge >= 0.3 is 29.6 Å². The third kappa shape index (κ3) is 8.24. The fraction of sp³-hybridized carbons (Fsp3) is 0.172. The van der Waals surface area contributed by atoms with Crippen molar-refractivity contribution in [3.63, 3.8) is 0 Å². The minimum atomic E-state index is -5.08. The number of nitrogens with one attached hydrogen (secondary N) is 2. The first-order chi connectivity index (χ1) is 23.5. The number of amides is 2. The number of carboxylic acids is 1. The summed E-state index contributed by atoms with van der Waals surface area (Å²) in [7, 11) is 0. The van der Waals surface area contributed by atoms with Crippen molar-refractivity contribution < 1.29 is 55.0 Å². The lowest BCUT2D eigenvalue weighted by atomic mass is 10.1. The number of benzene rings is 2. The molecule has 1 aliphatic rings. The summed E-state index contributed by atoms with van der Waals surface area (Å²) in [6, 6.07) is 4.66. The molecule has 21 heteroatoms. The van der Waals surface area contributed by atoms with Crippen molar-refractivity contribution in [1.82, 2.24) is 29.3 Å². The van der Waals surface area contributed by atoms with Gasteiger partial charge in [-0.3, -0.25) is 24.0 Å². The van der Waals surface area contributed by atoms with Gasteiger partial charge < -0.3 is 15.3 Å². The van der Waals surface area contributed by atoms with Gasteiger partial charge in [-0.05, 0) is 36.4 Å². The van der Waals surface area contributed by atoms with Crippen molar-refractivity contribution in [2.45, 2.75) is 12.2 Å². The fourth-order valence-electron chi connectivity index (χ4n) is 4.44. The number of piperazine rings is 1. The van der Waals surface area contributed by atoms with Crippen molar-refractivity contribution in [3.05, 3.63) is 110 Å². The number of aldehydes is 2. The maximum absolute atomic E-state index is 14.0. The van der Waals surface area contributed by atoms with Crippen molar-refractivity contribution in [1.29, 1.82) is 0 Å². The summed E-state index contributed by atoms with van der Waals surface area (Å²) in [4.78, 5) is 77.7. The lowest BCUT2D eigenvalue weighted by Gasteiger charge is -2.33. The third-order valence-corrected chi connectivity index (χ3v) is 6.85. The summed E-state index contributed by atoms with van der Waals surface area (Å²) >= 11 is 0. The normalized spacial score (nSPS) is 14.3. The van der Waals surface area contributed by atoms with E-state index in [1.54, 1.807) is 0 Å². The van der Waals surface area contributed by atoms with E-state index in [2.05, 4.69) is 20.6 Å². The first-order valence-corrected chi connectivity index (χ1v) is 13.7. The Balaban J connectivity index is 0.000000727. The van der Waals surface area contributed by atoms with Crippen LogP contribution in [0.3, 0.4) is 0 Å². The predicted molar refractivity (Wildman–Crippen MR) is 155 cm³/mol. The number of anilines is 1. The first-order valence-electron chi connectivity index (χ1n) is 13.7. The van der Waals surface area contributed by atoms with Gasteiger partial charge in [0.1, 0.15) is 29.1 Å². The maximum Gasteiger partial charge on any atom is 0.490 e. The third-order valence-electron chi connectivity index (χ3n) is 6.85. The quantitative estimate of drug-likeness (QED) is 0.199. The van der Waals surface area contributed by atoms with Crippen LogP contribution in [-0.4, -0.2) is 79.5 Å². The van der Waals surface area contributed by atoms with Crippen LogP contribution in [0.5, 0.6) is 0 Å². The maximum atomic E-state index is 14.0. The summed E-state index contributed by atoms with van der Waals surface area (Å²) in [5, 5.41) is 12.7. The van der Waals surface area contributed by atoms with Crippen LogP contribution in [0.1, 0.15) is 32.5 Å². The number of carbonyl (C=O) groups is 4. The predicted octanol–water partition coefficient (Wildman–Crippen LogP) is 2.77. The molecule has 1 aliphatic heterocycles. The Kier molecular flexibility index (Phi) is 10.9. The number of hydrogen-bond acceptors (Lipinski definition) is 9. The van der Waals surface area contributed by atoms with Gasteiger partial charge in [0.25, 0.3) is 0 Å². The van der Waals surface area contributed by atoms with E-state index >= 15 is 0 Å². The standard InChI is InChI=1S/C27H19F4N7O5.C2HF3O2/c28-18-7-14(8-19(29)16(18)12-39)37-4-1-22(33-26(37)42)23-11-36(6-3-32-23)25(41)34-24-2-5-38(27(43)35-24)15-9-20(30)17(13-40)21(31)10-15;3-2(4,5)1(6)7/h1-2,4-5,7-10,12-13,23,32H,3,6,11H2,(H,34,35,41,43);(H,6,7). The molecule has 5 rings (SSSR count). The molecule has 2 aromatic carbocycles. The molecule has 2 aromatic heterocycles. The van der Waals surface area contributed by atoms with Gasteiger partial charge in [-0.2, -0.15) is 23.1 Å². The fourth-order valence-corrected chi connectivity index (χ4v) is 4.44. The van der Waals surface area contributed by atoms with E-state index in [1.807, 2.05) is 0 Å². The van der Waals surface area contributed by atoms with Crippen molar-refractivity contribution in [2.75, 3.05) is 25.0 Å². The van der Waals surface area contributed by atoms with Crippen LogP contribution in [0.2, 0.25) is 0 Å². The molecule has 1 saturated heterocycles. The monoisotopic (exact) mass is 711 g/mol. The Morgan fingerprint density at radius 3 is 1.72 bits per heavy atom. The van der Waals surface area contributed by atoms with Crippen LogP contribution < -0.4 is 22.0 Å². The largest absolute Gasteiger partial charge is 0.490 e. The molecule has 0 saturated carbocycles. The Morgan fingerprint density at radius 2 is 1.30 bits per heavy atom. The zero-order valence-electron chi connectivity index (χ0n) is 24.8. The lowest BCUT2D eigenvalue weighted by molar-refractivity contribution is -0.192. The Hall–Kier alpha value is -6.25. The van der Waals surface area contributed by atoms with E-state index < -0.39 is 70.0 Å². The van der Waals surface area contributed by atoms with Crippen molar-refractivity contribution in [2.24, 2.45) is 0 Å². The molecule has 14 nitrogen and oxygen atoms in total. The number of alkyl halides is 3. The Bertz CT molecular complexity index is 2060. The number of aliphatic carboxylic acids is 1. The van der Waals surface area contributed by atoms with E-state index in [1.165, 1.54) is 23.2 Å². The van der Waals surface area contributed by atoms with Crippen LogP contribution in [0, 0.1) is 23.3 Å². The second-order valence-electron chi connectivity index (χ2n) is 10.0. The van der Waals surface area contributed by atoms with Crippen molar-refractivity contribution in [3.8, 4) is 11.4 Å². The van der Waals surface area contributed by atoms with E-state index in [4.69, 9.17) is 9.90 Å². The highest BCUT2D eigenvalue weighted by Gasteiger charge is 2.38. The molecule has 0 aliphatic carbocycles. The van der Waals surface area contributed by atoms with Gasteiger partial charge in [-0.15, -0.1) is 0 Å². The van der Waals surface area contributed by atoms with Crippen LogP contribution in [-0.2, 0) is 4.79 Å². The van der Waals surface area contributed by atoms with Gasteiger partial charge in [0.05, 0.1) is 34.2 Å². The summed E-state index contributed by atoms with van der Waals surface area (Å²) in [6.07, 6.45) is -2.65. The molecule has 0 radical (unpaired) electrons. The number of halogens is 7. The van der Waals surface area contributed by atoms with Crippen molar-refractivity contribution >= 4 is 30.4 Å². The summed E-state index contributed by atoms with van der Waals surface area (Å²) < 4.78 is 89.5. The molecule has 0 bridgehead atoms. The van der Waals surface area contributed by atoms with E-state index in [0.717, 1.165) is 39.6 Å². The smallest absolute Gasteiger partial charge is 0.475 e. The molecule has 50 heavy (non-hydrogen) atoms. The molecule has 3 heterocycles. The summed E-state index contributed by atoms with van der Waals surface area (Å²) in [6.45, 7) is 0.577. The first kappa shape index (κ1) is 36.6. The topological polar surface area (TPSA) is 186 Å². The zero-order valence-corrected chi connectivity index (χ0v) is 24.8. The average molecular weight is 712 g/mol. The molecule has 4 aromatic rings. The average Bonchev–Trinajstić information content (AvgIpc) is 3.04.